The van der Waals surface area contributed by atoms with Crippen LogP contribution in [0.5, 0.6) is 0 Å². The predicted molar refractivity (Wildman–Crippen MR) is 117 cm³/mol. The number of guanidine groups is 1. The monoisotopic (exact) mass is 492 g/mol. The number of nitrogens with one attached hydrogen (secondary N) is 1. The molecule has 9 heteroatoms. The summed E-state index contributed by atoms with van der Waals surface area (Å²) in [5.74, 6) is 0.999. The van der Waals surface area contributed by atoms with Crippen molar-refractivity contribution in [3.8, 4) is 0 Å². The fourth-order valence-electron chi connectivity index (χ4n) is 3.75. The van der Waals surface area contributed by atoms with E-state index >= 15 is 0 Å². The Bertz CT molecular complexity index is 562. The number of ether oxygens (including phenoxy) is 1. The average Bonchev–Trinajstić information content (AvgIpc) is 3.16. The molecule has 8 nitrogen and oxygen atoms in total. The second-order valence-corrected chi connectivity index (χ2v) is 7.19. The minimum Gasteiger partial charge on any atom is -0.379 e. The van der Waals surface area contributed by atoms with E-state index in [-0.39, 0.29) is 24.0 Å². The molecule has 0 aromatic carbocycles. The van der Waals surface area contributed by atoms with E-state index in [1.54, 1.807) is 6.26 Å². The van der Waals surface area contributed by atoms with Crippen LogP contribution in [0.2, 0.25) is 0 Å². The molecule has 0 radical (unpaired) electrons. The lowest BCUT2D eigenvalue weighted by atomic mass is 10.2. The smallest absolute Gasteiger partial charge is 0.193 e. The molecule has 0 bridgehead atoms. The van der Waals surface area contributed by atoms with Gasteiger partial charge in [-0.05, 0) is 13.8 Å². The number of halogens is 1. The summed E-state index contributed by atoms with van der Waals surface area (Å²) in [6.45, 7) is 12.9. The van der Waals surface area contributed by atoms with E-state index in [0.29, 0.717) is 12.1 Å². The summed E-state index contributed by atoms with van der Waals surface area (Å²) < 4.78 is 10.5. The molecule has 2 unspecified atom stereocenters. The average molecular weight is 492 g/mol. The maximum Gasteiger partial charge on any atom is 0.193 e. The zero-order valence-corrected chi connectivity index (χ0v) is 19.0. The summed E-state index contributed by atoms with van der Waals surface area (Å²) in [7, 11) is 1.87. The number of nitrogens with zero attached hydrogens (tertiary/aromatic N) is 5. The quantitative estimate of drug-likeness (QED) is 0.375. The predicted octanol–water partition coefficient (Wildman–Crippen LogP) is 1.09. The Balaban J connectivity index is 0.00000261. The van der Waals surface area contributed by atoms with Gasteiger partial charge in [0.25, 0.3) is 0 Å². The number of aromatic nitrogens is 1. The number of aliphatic imine (C=N–C) groups is 1. The number of morpholine rings is 1. The summed E-state index contributed by atoms with van der Waals surface area (Å²) in [5, 5.41) is 7.56. The van der Waals surface area contributed by atoms with Gasteiger partial charge in [-0.2, -0.15) is 0 Å². The van der Waals surface area contributed by atoms with Gasteiger partial charge in [0.2, 0.25) is 0 Å². The molecule has 2 atom stereocenters. The molecule has 3 heterocycles. The van der Waals surface area contributed by atoms with Gasteiger partial charge in [0.15, 0.2) is 5.96 Å². The zero-order chi connectivity index (χ0) is 18.4. The van der Waals surface area contributed by atoms with Crippen molar-refractivity contribution >= 4 is 29.9 Å². The standard InChI is InChI=1S/C18H32N6O2.HI/c1-15(24-9-11-25-14-16(24)2)12-20-18(19-3)23-7-5-22(6-8-23)13-17-4-10-26-21-17;/h4,10,15-16H,5-9,11-14H2,1-3H3,(H,19,20);1H. The van der Waals surface area contributed by atoms with E-state index in [2.05, 4.69) is 44.0 Å². The maximum atomic E-state index is 5.54. The van der Waals surface area contributed by atoms with Crippen molar-refractivity contribution in [1.82, 2.24) is 25.2 Å². The first-order valence-corrected chi connectivity index (χ1v) is 9.58. The van der Waals surface area contributed by atoms with Crippen LogP contribution in [0.25, 0.3) is 0 Å². The molecule has 2 aliphatic rings. The van der Waals surface area contributed by atoms with E-state index in [1.165, 1.54) is 0 Å². The Morgan fingerprint density at radius 3 is 2.74 bits per heavy atom. The molecule has 1 aromatic heterocycles. The van der Waals surface area contributed by atoms with Gasteiger partial charge in [0.05, 0.1) is 18.9 Å². The molecule has 1 N–H and O–H groups in total. The highest BCUT2D eigenvalue weighted by atomic mass is 127. The first-order valence-electron chi connectivity index (χ1n) is 9.58. The van der Waals surface area contributed by atoms with E-state index in [4.69, 9.17) is 9.26 Å². The lowest BCUT2D eigenvalue weighted by molar-refractivity contribution is -0.0175. The molecule has 154 valence electrons. The van der Waals surface area contributed by atoms with Crippen molar-refractivity contribution in [3.05, 3.63) is 18.0 Å². The summed E-state index contributed by atoms with van der Waals surface area (Å²) in [5.41, 5.74) is 0.995. The van der Waals surface area contributed by atoms with Crippen LogP contribution in [0, 0.1) is 0 Å². The highest BCUT2D eigenvalue weighted by Crippen LogP contribution is 2.11. The zero-order valence-electron chi connectivity index (χ0n) is 16.6. The third-order valence-corrected chi connectivity index (χ3v) is 5.30. The van der Waals surface area contributed by atoms with Crippen LogP contribution in [0.15, 0.2) is 21.8 Å². The Kier molecular flexibility index (Phi) is 9.27. The molecule has 3 rings (SSSR count). The largest absolute Gasteiger partial charge is 0.379 e. The third kappa shape index (κ3) is 6.30. The molecule has 0 aliphatic carbocycles. The van der Waals surface area contributed by atoms with Gasteiger partial charge in [0, 0.05) is 71.0 Å². The van der Waals surface area contributed by atoms with Crippen molar-refractivity contribution in [2.24, 2.45) is 4.99 Å². The molecule has 2 fully saturated rings. The fraction of sp³-hybridized carbons (Fsp3) is 0.778. The highest BCUT2D eigenvalue weighted by molar-refractivity contribution is 14.0. The van der Waals surface area contributed by atoms with Crippen molar-refractivity contribution in [2.75, 3.05) is 59.5 Å². The van der Waals surface area contributed by atoms with Crippen LogP contribution >= 0.6 is 24.0 Å². The van der Waals surface area contributed by atoms with Crippen LogP contribution in [0.3, 0.4) is 0 Å². The van der Waals surface area contributed by atoms with Gasteiger partial charge in [0.1, 0.15) is 6.26 Å². The van der Waals surface area contributed by atoms with E-state index in [0.717, 1.165) is 70.7 Å². The van der Waals surface area contributed by atoms with E-state index in [1.807, 2.05) is 13.1 Å². The first-order chi connectivity index (χ1) is 12.7. The van der Waals surface area contributed by atoms with Crippen molar-refractivity contribution in [1.29, 1.82) is 0 Å². The first kappa shape index (κ1) is 22.4. The highest BCUT2D eigenvalue weighted by Gasteiger charge is 2.25. The third-order valence-electron chi connectivity index (χ3n) is 5.30. The van der Waals surface area contributed by atoms with Gasteiger partial charge in [-0.1, -0.05) is 5.16 Å². The minimum atomic E-state index is 0. The Morgan fingerprint density at radius 1 is 1.33 bits per heavy atom. The van der Waals surface area contributed by atoms with Crippen LogP contribution in [-0.4, -0.2) is 97.4 Å². The van der Waals surface area contributed by atoms with Gasteiger partial charge >= 0.3 is 0 Å². The number of rotatable bonds is 5. The summed E-state index contributed by atoms with van der Waals surface area (Å²) >= 11 is 0. The number of hydrogen-bond donors (Lipinski definition) is 1. The Hall–Kier alpha value is -0.910. The normalized spacial score (nSPS) is 23.7. The number of piperazine rings is 1. The second kappa shape index (κ2) is 11.2. The van der Waals surface area contributed by atoms with Crippen molar-refractivity contribution < 1.29 is 9.26 Å². The molecule has 2 saturated heterocycles. The summed E-state index contributed by atoms with van der Waals surface area (Å²) in [6, 6.07) is 2.86. The maximum absolute atomic E-state index is 5.54. The van der Waals surface area contributed by atoms with E-state index in [9.17, 15) is 0 Å². The topological polar surface area (TPSA) is 69.4 Å². The van der Waals surface area contributed by atoms with Crippen LogP contribution in [-0.2, 0) is 11.3 Å². The number of hydrogen-bond acceptors (Lipinski definition) is 6. The molecule has 1 aromatic rings. The molecular formula is C18H33IN6O2. The van der Waals surface area contributed by atoms with Gasteiger partial charge < -0.3 is 19.5 Å². The minimum absolute atomic E-state index is 0. The van der Waals surface area contributed by atoms with Crippen molar-refractivity contribution in [3.63, 3.8) is 0 Å². The van der Waals surface area contributed by atoms with Gasteiger partial charge in [-0.15, -0.1) is 24.0 Å². The molecule has 0 saturated carbocycles. The summed E-state index contributed by atoms with van der Waals surface area (Å²) in [4.78, 5) is 11.7. The second-order valence-electron chi connectivity index (χ2n) is 7.19. The molecule has 0 amide bonds. The summed E-state index contributed by atoms with van der Waals surface area (Å²) in [6.07, 6.45) is 1.63. The lowest BCUT2D eigenvalue weighted by Crippen LogP contribution is -2.55. The Morgan fingerprint density at radius 2 is 2.11 bits per heavy atom. The van der Waals surface area contributed by atoms with Crippen LogP contribution < -0.4 is 5.32 Å². The molecule has 2 aliphatic heterocycles. The van der Waals surface area contributed by atoms with E-state index < -0.39 is 0 Å². The van der Waals surface area contributed by atoms with Crippen LogP contribution in [0.1, 0.15) is 19.5 Å². The molecule has 0 spiro atoms. The Labute approximate surface area is 179 Å². The molecular weight excluding hydrogens is 459 g/mol. The van der Waals surface area contributed by atoms with Gasteiger partial charge in [-0.25, -0.2) is 0 Å². The fourth-order valence-corrected chi connectivity index (χ4v) is 3.75. The lowest BCUT2D eigenvalue weighted by Gasteiger charge is -2.39. The molecule has 27 heavy (non-hydrogen) atoms. The van der Waals surface area contributed by atoms with Crippen molar-refractivity contribution in [2.45, 2.75) is 32.5 Å². The van der Waals surface area contributed by atoms with Gasteiger partial charge in [-0.3, -0.25) is 14.8 Å². The SMILES string of the molecule is CN=C(NCC(C)N1CCOCC1C)N1CCN(Cc2ccon2)CC1.I. The van der Waals surface area contributed by atoms with Crippen LogP contribution in [0.4, 0.5) is 0 Å².